The summed E-state index contributed by atoms with van der Waals surface area (Å²) in [6.07, 6.45) is -0.196. The molecule has 0 fully saturated rings. The summed E-state index contributed by atoms with van der Waals surface area (Å²) in [5.74, 6) is 0.248. The molecule has 0 aliphatic heterocycles. The standard InChI is InChI=1S/C16H15BrClF2N3O2S/c17-13-11(4-8(21)7-24-16(19)20)25-15-10(5-12(18)23-14(13)15)22-6-9-2-1-3-26-9/h1-3,5,8,16H,4,6-7,21H2,(H,22,23)/t8-/m1/s1/i7D2. The molecule has 0 spiro atoms. The Kier molecular flexibility index (Phi) is 5.60. The number of thiophene rings is 1. The van der Waals surface area contributed by atoms with Crippen LogP contribution in [0.25, 0.3) is 11.1 Å². The van der Waals surface area contributed by atoms with Gasteiger partial charge < -0.3 is 20.2 Å². The van der Waals surface area contributed by atoms with E-state index in [9.17, 15) is 8.78 Å². The van der Waals surface area contributed by atoms with Crippen LogP contribution in [0.3, 0.4) is 0 Å². The summed E-state index contributed by atoms with van der Waals surface area (Å²) in [6, 6.07) is 4.13. The lowest BCUT2D eigenvalue weighted by molar-refractivity contribution is -0.132. The van der Waals surface area contributed by atoms with E-state index in [1.165, 1.54) is 0 Å². The molecule has 0 aliphatic rings. The van der Waals surface area contributed by atoms with E-state index >= 15 is 0 Å². The number of anilines is 1. The first-order chi connectivity index (χ1) is 13.2. The number of pyridine rings is 1. The first-order valence-corrected chi connectivity index (χ1v) is 9.47. The number of aromatic nitrogens is 1. The molecule has 140 valence electrons. The van der Waals surface area contributed by atoms with E-state index in [-0.39, 0.29) is 17.3 Å². The fourth-order valence-electron chi connectivity index (χ4n) is 2.29. The first-order valence-electron chi connectivity index (χ1n) is 8.42. The summed E-state index contributed by atoms with van der Waals surface area (Å²) >= 11 is 11.0. The van der Waals surface area contributed by atoms with Gasteiger partial charge in [-0.15, -0.1) is 11.3 Å². The van der Waals surface area contributed by atoms with Crippen molar-refractivity contribution in [2.75, 3.05) is 11.9 Å². The zero-order chi connectivity index (χ0) is 20.5. The highest BCUT2D eigenvalue weighted by Crippen LogP contribution is 2.36. The predicted octanol–water partition coefficient (Wildman–Crippen LogP) is 5.03. The first kappa shape index (κ1) is 16.9. The summed E-state index contributed by atoms with van der Waals surface area (Å²) in [7, 11) is 0. The summed E-state index contributed by atoms with van der Waals surface area (Å²) in [5.41, 5.74) is 7.14. The lowest BCUT2D eigenvalue weighted by Gasteiger charge is -2.10. The molecule has 3 heterocycles. The van der Waals surface area contributed by atoms with E-state index in [2.05, 4.69) is 31.0 Å². The highest BCUT2D eigenvalue weighted by atomic mass is 79.9. The molecule has 26 heavy (non-hydrogen) atoms. The second kappa shape index (κ2) is 8.62. The Hall–Kier alpha value is -1.26. The minimum atomic E-state index is -3.28. The van der Waals surface area contributed by atoms with Gasteiger partial charge in [-0.2, -0.15) is 8.78 Å². The molecule has 1 atom stereocenters. The molecule has 3 rings (SSSR count). The highest BCUT2D eigenvalue weighted by molar-refractivity contribution is 9.10. The molecule has 0 bridgehead atoms. The van der Waals surface area contributed by atoms with Gasteiger partial charge >= 0.3 is 6.61 Å². The minimum Gasteiger partial charge on any atom is -0.456 e. The van der Waals surface area contributed by atoms with Crippen molar-refractivity contribution in [3.8, 4) is 0 Å². The molecular weight excluding hydrogens is 452 g/mol. The Bertz CT molecular complexity index is 959. The van der Waals surface area contributed by atoms with Crippen molar-refractivity contribution in [3.05, 3.63) is 43.8 Å². The van der Waals surface area contributed by atoms with Crippen LogP contribution in [0.2, 0.25) is 5.15 Å². The zero-order valence-electron chi connectivity index (χ0n) is 15.1. The fourth-order valence-corrected chi connectivity index (χ4v) is 3.64. The van der Waals surface area contributed by atoms with Gasteiger partial charge in [0.15, 0.2) is 5.58 Å². The van der Waals surface area contributed by atoms with Crippen molar-refractivity contribution in [2.45, 2.75) is 25.6 Å². The second-order valence-corrected chi connectivity index (χ2v) is 7.46. The van der Waals surface area contributed by atoms with Crippen molar-refractivity contribution in [1.29, 1.82) is 0 Å². The average molecular weight is 469 g/mol. The van der Waals surface area contributed by atoms with Crippen LogP contribution in [0.1, 0.15) is 13.4 Å². The monoisotopic (exact) mass is 467 g/mol. The van der Waals surface area contributed by atoms with Crippen LogP contribution in [0.5, 0.6) is 0 Å². The van der Waals surface area contributed by atoms with Crippen LogP contribution < -0.4 is 11.1 Å². The SMILES string of the molecule is [2H]C([2H])(OC(F)F)[C@H](N)Cc1oc2c(NCc3cccs3)cc(Cl)nc2c1Br. The van der Waals surface area contributed by atoms with Gasteiger partial charge in [0.25, 0.3) is 0 Å². The number of fused-ring (bicyclic) bond motifs is 1. The van der Waals surface area contributed by atoms with Crippen LogP contribution in [0.4, 0.5) is 14.5 Å². The Balaban J connectivity index is 1.88. The van der Waals surface area contributed by atoms with E-state index in [0.717, 1.165) is 4.88 Å². The minimum absolute atomic E-state index is 0.196. The van der Waals surface area contributed by atoms with Crippen molar-refractivity contribution >= 4 is 55.7 Å². The topological polar surface area (TPSA) is 73.3 Å². The molecule has 3 N–H and O–H groups in total. The van der Waals surface area contributed by atoms with E-state index in [1.807, 2.05) is 17.5 Å². The summed E-state index contributed by atoms with van der Waals surface area (Å²) in [4.78, 5) is 5.32. The van der Waals surface area contributed by atoms with Crippen LogP contribution >= 0.6 is 38.9 Å². The molecular formula is C16H15BrClF2N3O2S. The highest BCUT2D eigenvalue weighted by Gasteiger charge is 2.20. The van der Waals surface area contributed by atoms with Crippen molar-refractivity contribution < 1.29 is 20.7 Å². The Labute approximate surface area is 168 Å². The molecule has 0 radical (unpaired) electrons. The normalized spacial score (nSPS) is 14.5. The number of nitrogens with two attached hydrogens (primary N) is 1. The molecule has 0 aromatic carbocycles. The lowest BCUT2D eigenvalue weighted by Crippen LogP contribution is -2.29. The van der Waals surface area contributed by atoms with E-state index in [4.69, 9.17) is 24.5 Å². The molecule has 10 heteroatoms. The number of hydrogen-bond donors (Lipinski definition) is 2. The number of furan rings is 1. The second-order valence-electron chi connectivity index (χ2n) is 5.25. The molecule has 3 aromatic rings. The average Bonchev–Trinajstić information content (AvgIpc) is 3.21. The number of alkyl halides is 2. The van der Waals surface area contributed by atoms with E-state index < -0.39 is 19.2 Å². The Morgan fingerprint density at radius 2 is 2.35 bits per heavy atom. The van der Waals surface area contributed by atoms with Gasteiger partial charge in [0.05, 0.1) is 19.5 Å². The quantitative estimate of drug-likeness (QED) is 0.454. The molecule has 0 unspecified atom stereocenters. The number of hydrogen-bond acceptors (Lipinski definition) is 6. The molecule has 0 aliphatic carbocycles. The Morgan fingerprint density at radius 1 is 1.54 bits per heavy atom. The van der Waals surface area contributed by atoms with E-state index in [0.29, 0.717) is 27.8 Å². The lowest BCUT2D eigenvalue weighted by atomic mass is 10.2. The van der Waals surface area contributed by atoms with Crippen LogP contribution in [-0.4, -0.2) is 24.2 Å². The zero-order valence-corrected chi connectivity index (χ0v) is 16.3. The maximum Gasteiger partial charge on any atom is 0.345 e. The fraction of sp³-hybridized carbons (Fsp3) is 0.312. The maximum absolute atomic E-state index is 12.4. The number of halogens is 4. The van der Waals surface area contributed by atoms with Gasteiger partial charge in [0, 0.05) is 30.0 Å². The van der Waals surface area contributed by atoms with Crippen molar-refractivity contribution in [3.63, 3.8) is 0 Å². The molecule has 0 saturated carbocycles. The predicted molar refractivity (Wildman–Crippen MR) is 102 cm³/mol. The van der Waals surface area contributed by atoms with Gasteiger partial charge in [-0.1, -0.05) is 17.7 Å². The van der Waals surface area contributed by atoms with Crippen LogP contribution in [-0.2, 0) is 17.7 Å². The molecule has 0 amide bonds. The number of nitrogens with one attached hydrogen (secondary N) is 1. The van der Waals surface area contributed by atoms with Crippen molar-refractivity contribution in [1.82, 2.24) is 4.98 Å². The van der Waals surface area contributed by atoms with Gasteiger partial charge in [-0.05, 0) is 27.4 Å². The third-order valence-electron chi connectivity index (χ3n) is 3.37. The molecule has 3 aromatic heterocycles. The van der Waals surface area contributed by atoms with Gasteiger partial charge in [0.2, 0.25) is 0 Å². The molecule has 0 saturated heterocycles. The third-order valence-corrected chi connectivity index (χ3v) is 5.25. The van der Waals surface area contributed by atoms with E-state index in [1.54, 1.807) is 17.4 Å². The summed E-state index contributed by atoms with van der Waals surface area (Å²) < 4.78 is 50.1. The number of rotatable bonds is 8. The largest absolute Gasteiger partial charge is 0.456 e. The summed E-state index contributed by atoms with van der Waals surface area (Å²) in [5, 5.41) is 5.42. The smallest absolute Gasteiger partial charge is 0.345 e. The summed E-state index contributed by atoms with van der Waals surface area (Å²) in [6.45, 7) is -5.48. The third kappa shape index (κ3) is 4.72. The molecule has 5 nitrogen and oxygen atoms in total. The van der Waals surface area contributed by atoms with Gasteiger partial charge in [-0.25, -0.2) is 4.98 Å². The van der Waals surface area contributed by atoms with Gasteiger partial charge in [0.1, 0.15) is 16.4 Å². The van der Waals surface area contributed by atoms with Crippen LogP contribution in [0, 0.1) is 0 Å². The number of ether oxygens (including phenoxy) is 1. The number of nitrogens with zero attached hydrogens (tertiary/aromatic N) is 1. The Morgan fingerprint density at radius 3 is 3.04 bits per heavy atom. The van der Waals surface area contributed by atoms with Crippen LogP contribution in [0.15, 0.2) is 32.5 Å². The maximum atomic E-state index is 12.4. The van der Waals surface area contributed by atoms with Gasteiger partial charge in [-0.3, -0.25) is 0 Å². The van der Waals surface area contributed by atoms with Crippen molar-refractivity contribution in [2.24, 2.45) is 5.73 Å².